The van der Waals surface area contributed by atoms with Crippen LogP contribution in [0.25, 0.3) is 10.9 Å². The summed E-state index contributed by atoms with van der Waals surface area (Å²) in [5.41, 5.74) is 2.55. The zero-order valence-corrected chi connectivity index (χ0v) is 14.0. The number of carbonyl (C=O) groups excluding carboxylic acids is 2. The third kappa shape index (κ3) is 2.82. The van der Waals surface area contributed by atoms with Gasteiger partial charge in [-0.2, -0.15) is 0 Å². The zero-order valence-electron chi connectivity index (χ0n) is 14.0. The van der Waals surface area contributed by atoms with Gasteiger partial charge in [-0.1, -0.05) is 30.3 Å². The Hall–Kier alpha value is -3.54. The fourth-order valence-corrected chi connectivity index (χ4v) is 2.98. The van der Waals surface area contributed by atoms with Crippen LogP contribution < -0.4 is 5.32 Å². The van der Waals surface area contributed by atoms with Crippen LogP contribution in [0.5, 0.6) is 0 Å². The van der Waals surface area contributed by atoms with Crippen LogP contribution in [0.3, 0.4) is 0 Å². The molecule has 0 aliphatic carbocycles. The number of anilines is 1. The maximum absolute atomic E-state index is 12.8. The molecule has 1 aliphatic heterocycles. The van der Waals surface area contributed by atoms with Gasteiger partial charge in [0, 0.05) is 29.8 Å². The van der Waals surface area contributed by atoms with E-state index in [1.807, 2.05) is 36.4 Å². The Morgan fingerprint density at radius 1 is 1.04 bits per heavy atom. The lowest BCUT2D eigenvalue weighted by molar-refractivity contribution is -0.0245. The highest BCUT2D eigenvalue weighted by Crippen LogP contribution is 2.27. The number of nitrogens with one attached hydrogen (secondary N) is 1. The van der Waals surface area contributed by atoms with Crippen molar-refractivity contribution in [3.05, 3.63) is 78.4 Å². The van der Waals surface area contributed by atoms with Crippen molar-refractivity contribution in [2.24, 2.45) is 0 Å². The Bertz CT molecular complexity index is 1030. The normalized spacial score (nSPS) is 13.4. The van der Waals surface area contributed by atoms with E-state index in [0.29, 0.717) is 16.8 Å². The summed E-state index contributed by atoms with van der Waals surface area (Å²) < 4.78 is 12.1. The van der Waals surface area contributed by atoms with E-state index in [9.17, 15) is 9.59 Å². The summed E-state index contributed by atoms with van der Waals surface area (Å²) in [6, 6.07) is 14.6. The molecule has 3 aromatic rings. The minimum Gasteiger partial charge on any atom is -0.455 e. The Morgan fingerprint density at radius 3 is 2.58 bits per heavy atom. The average molecular weight is 348 g/mol. The van der Waals surface area contributed by atoms with Crippen molar-refractivity contribution >= 4 is 28.4 Å². The number of rotatable bonds is 3. The molecular weight excluding hydrogens is 332 g/mol. The first kappa shape index (κ1) is 16.0. The lowest BCUT2D eigenvalue weighted by atomic mass is 10.1. The van der Waals surface area contributed by atoms with Crippen molar-refractivity contribution in [2.75, 3.05) is 5.32 Å². The number of hydrogen-bond donors (Lipinski definition) is 1. The summed E-state index contributed by atoms with van der Waals surface area (Å²) in [6.45, 7) is 1.47. The number of amides is 1. The minimum absolute atomic E-state index is 0.148. The van der Waals surface area contributed by atoms with Gasteiger partial charge in [-0.05, 0) is 18.2 Å². The maximum Gasteiger partial charge on any atom is 0.266 e. The van der Waals surface area contributed by atoms with Crippen LogP contribution in [0.2, 0.25) is 0 Å². The molecule has 0 saturated carbocycles. The number of ether oxygens (including phenoxy) is 2. The van der Waals surface area contributed by atoms with Crippen LogP contribution in [-0.4, -0.2) is 16.4 Å². The van der Waals surface area contributed by atoms with Crippen LogP contribution in [0.1, 0.15) is 33.9 Å². The molecular formula is C20H16N2O4. The van der Waals surface area contributed by atoms with Gasteiger partial charge in [-0.25, -0.2) is 0 Å². The SMILES string of the molecule is CC(=O)n1cc(C(=O)Nc2cccc(C3OC=CO3)c2)c2ccccc21. The number of hydrogen-bond acceptors (Lipinski definition) is 4. The number of fused-ring (bicyclic) bond motifs is 1. The first-order chi connectivity index (χ1) is 12.6. The summed E-state index contributed by atoms with van der Waals surface area (Å²) in [5, 5.41) is 3.60. The first-order valence-electron chi connectivity index (χ1n) is 8.12. The highest BCUT2D eigenvalue weighted by atomic mass is 16.7. The Kier molecular flexibility index (Phi) is 3.93. The quantitative estimate of drug-likeness (QED) is 0.775. The summed E-state index contributed by atoms with van der Waals surface area (Å²) >= 11 is 0. The number of benzene rings is 2. The number of carbonyl (C=O) groups is 2. The van der Waals surface area contributed by atoms with E-state index in [-0.39, 0.29) is 11.8 Å². The van der Waals surface area contributed by atoms with Gasteiger partial charge in [-0.15, -0.1) is 0 Å². The van der Waals surface area contributed by atoms with Gasteiger partial charge < -0.3 is 14.8 Å². The Morgan fingerprint density at radius 2 is 1.81 bits per heavy atom. The van der Waals surface area contributed by atoms with Gasteiger partial charge in [0.15, 0.2) is 0 Å². The lowest BCUT2D eigenvalue weighted by Crippen LogP contribution is -2.12. The first-order valence-corrected chi connectivity index (χ1v) is 8.12. The molecule has 26 heavy (non-hydrogen) atoms. The van der Waals surface area contributed by atoms with Crippen molar-refractivity contribution < 1.29 is 19.1 Å². The molecule has 0 unspecified atom stereocenters. The van der Waals surface area contributed by atoms with Crippen LogP contribution in [0, 0.1) is 0 Å². The van der Waals surface area contributed by atoms with Crippen LogP contribution in [-0.2, 0) is 9.47 Å². The molecule has 0 spiro atoms. The van der Waals surface area contributed by atoms with Crippen molar-refractivity contribution in [1.29, 1.82) is 0 Å². The second-order valence-electron chi connectivity index (χ2n) is 5.90. The third-order valence-electron chi connectivity index (χ3n) is 4.17. The molecule has 0 fully saturated rings. The van der Waals surface area contributed by atoms with Gasteiger partial charge in [-0.3, -0.25) is 14.2 Å². The molecule has 1 aromatic heterocycles. The van der Waals surface area contributed by atoms with E-state index in [4.69, 9.17) is 9.47 Å². The molecule has 0 saturated heterocycles. The molecule has 0 radical (unpaired) electrons. The van der Waals surface area contributed by atoms with Gasteiger partial charge in [0.25, 0.3) is 12.2 Å². The average Bonchev–Trinajstić information content (AvgIpc) is 3.30. The van der Waals surface area contributed by atoms with E-state index in [2.05, 4.69) is 5.32 Å². The molecule has 0 bridgehead atoms. The molecule has 0 atom stereocenters. The molecule has 4 rings (SSSR count). The van der Waals surface area contributed by atoms with Gasteiger partial charge >= 0.3 is 0 Å². The minimum atomic E-state index is -0.508. The van der Waals surface area contributed by atoms with Gasteiger partial charge in [0.05, 0.1) is 11.1 Å². The summed E-state index contributed by atoms with van der Waals surface area (Å²) in [4.78, 5) is 24.6. The fraction of sp³-hybridized carbons (Fsp3) is 0.100. The molecule has 130 valence electrons. The highest BCUT2D eigenvalue weighted by molar-refractivity contribution is 6.14. The van der Waals surface area contributed by atoms with E-state index < -0.39 is 6.29 Å². The summed E-state index contributed by atoms with van der Waals surface area (Å²) in [6.07, 6.45) is 4.02. The largest absolute Gasteiger partial charge is 0.455 e. The van der Waals surface area contributed by atoms with E-state index >= 15 is 0 Å². The molecule has 2 heterocycles. The molecule has 6 nitrogen and oxygen atoms in total. The van der Waals surface area contributed by atoms with E-state index in [1.165, 1.54) is 24.0 Å². The Labute approximate surface area is 149 Å². The molecule has 6 heteroatoms. The highest BCUT2D eigenvalue weighted by Gasteiger charge is 2.18. The predicted molar refractivity (Wildman–Crippen MR) is 96.7 cm³/mol. The fourth-order valence-electron chi connectivity index (χ4n) is 2.98. The van der Waals surface area contributed by atoms with E-state index in [0.717, 1.165) is 10.9 Å². The molecule has 2 aromatic carbocycles. The smallest absolute Gasteiger partial charge is 0.266 e. The van der Waals surface area contributed by atoms with Crippen LogP contribution >= 0.6 is 0 Å². The van der Waals surface area contributed by atoms with Gasteiger partial charge in [0.2, 0.25) is 5.91 Å². The monoisotopic (exact) mass is 348 g/mol. The Balaban J connectivity index is 1.64. The van der Waals surface area contributed by atoms with Crippen molar-refractivity contribution in [3.63, 3.8) is 0 Å². The van der Waals surface area contributed by atoms with Crippen molar-refractivity contribution in [3.8, 4) is 0 Å². The van der Waals surface area contributed by atoms with Crippen molar-refractivity contribution in [2.45, 2.75) is 13.2 Å². The zero-order chi connectivity index (χ0) is 18.1. The molecule has 1 N–H and O–H groups in total. The molecule has 1 aliphatic rings. The summed E-state index contributed by atoms with van der Waals surface area (Å²) in [5.74, 6) is -0.435. The number of nitrogens with zero attached hydrogens (tertiary/aromatic N) is 1. The van der Waals surface area contributed by atoms with Gasteiger partial charge in [0.1, 0.15) is 12.5 Å². The maximum atomic E-state index is 12.8. The topological polar surface area (TPSA) is 69.6 Å². The van der Waals surface area contributed by atoms with Crippen LogP contribution in [0.4, 0.5) is 5.69 Å². The number of para-hydroxylation sites is 1. The second kappa shape index (κ2) is 6.40. The van der Waals surface area contributed by atoms with E-state index in [1.54, 1.807) is 18.3 Å². The standard InChI is InChI=1S/C20H16N2O4/c1-13(23)22-12-17(16-7-2-3-8-18(16)22)19(24)21-15-6-4-5-14(11-15)20-25-9-10-26-20/h2-12,20H,1H3,(H,21,24). The third-order valence-corrected chi connectivity index (χ3v) is 4.17. The predicted octanol–water partition coefficient (Wildman–Crippen LogP) is 4.07. The second-order valence-corrected chi connectivity index (χ2v) is 5.90. The van der Waals surface area contributed by atoms with Crippen LogP contribution in [0.15, 0.2) is 67.3 Å². The summed E-state index contributed by atoms with van der Waals surface area (Å²) in [7, 11) is 0. The molecule has 1 amide bonds. The van der Waals surface area contributed by atoms with Crippen molar-refractivity contribution in [1.82, 2.24) is 4.57 Å². The lowest BCUT2D eigenvalue weighted by Gasteiger charge is -2.12. The number of aromatic nitrogens is 1.